The first-order valence-corrected chi connectivity index (χ1v) is 9.83. The average molecular weight is 398 g/mol. The van der Waals surface area contributed by atoms with E-state index in [2.05, 4.69) is 16.5 Å². The Morgan fingerprint density at radius 2 is 1.89 bits per heavy atom. The number of carbonyl (C=O) groups is 2. The fraction of sp³-hybridized carbons (Fsp3) is 0.286. The van der Waals surface area contributed by atoms with Gasteiger partial charge in [-0.2, -0.15) is 0 Å². The number of carbonyl (C=O) groups excluding carboxylic acids is 2. The van der Waals surface area contributed by atoms with Gasteiger partial charge in [-0.15, -0.1) is 5.10 Å². The number of amidine groups is 1. The van der Waals surface area contributed by atoms with Crippen molar-refractivity contribution in [3.63, 3.8) is 0 Å². The topological polar surface area (TPSA) is 71.0 Å². The molecule has 0 radical (unpaired) electrons. The number of hydrogen-bond donors (Lipinski definition) is 1. The highest BCUT2D eigenvalue weighted by Gasteiger charge is 2.34. The molecule has 2 amide bonds. The normalized spacial score (nSPS) is 15.9. The summed E-state index contributed by atoms with van der Waals surface area (Å²) in [7, 11) is 0. The molecule has 0 saturated carbocycles. The lowest BCUT2D eigenvalue weighted by atomic mass is 10.1. The Balaban J connectivity index is 1.87. The van der Waals surface area contributed by atoms with Crippen LogP contribution < -0.4 is 10.1 Å². The molecule has 28 heavy (non-hydrogen) atoms. The van der Waals surface area contributed by atoms with Crippen molar-refractivity contribution in [3.8, 4) is 5.75 Å². The van der Waals surface area contributed by atoms with Crippen molar-refractivity contribution >= 4 is 28.7 Å². The number of thioether (sulfide) groups is 1. The van der Waals surface area contributed by atoms with Crippen molar-refractivity contribution in [2.75, 3.05) is 0 Å². The number of nitrogens with zero attached hydrogens (tertiary/aromatic N) is 2. The van der Waals surface area contributed by atoms with E-state index in [4.69, 9.17) is 4.74 Å². The molecule has 7 heteroatoms. The SMILES string of the molecule is CC(=O)NC1=NN(C(C)=O)[C@@H](c2cc(C)ccc2OCc2cccc(C)c2)S1. The first kappa shape index (κ1) is 19.9. The maximum Gasteiger partial charge on any atom is 0.241 e. The van der Waals surface area contributed by atoms with Crippen molar-refractivity contribution in [1.82, 2.24) is 10.3 Å². The third-order valence-electron chi connectivity index (χ3n) is 4.16. The molecule has 0 aromatic heterocycles. The Morgan fingerprint density at radius 1 is 1.14 bits per heavy atom. The fourth-order valence-electron chi connectivity index (χ4n) is 2.92. The minimum atomic E-state index is -0.397. The van der Waals surface area contributed by atoms with Gasteiger partial charge in [0.1, 0.15) is 17.7 Å². The molecule has 1 heterocycles. The van der Waals surface area contributed by atoms with E-state index in [0.717, 1.165) is 16.7 Å². The van der Waals surface area contributed by atoms with Gasteiger partial charge in [-0.25, -0.2) is 5.01 Å². The molecule has 6 nitrogen and oxygen atoms in total. The van der Waals surface area contributed by atoms with Crippen molar-refractivity contribution in [2.24, 2.45) is 5.10 Å². The number of aryl methyl sites for hydroxylation is 2. The number of rotatable bonds is 4. The summed E-state index contributed by atoms with van der Waals surface area (Å²) in [5, 5.41) is 8.31. The zero-order valence-electron chi connectivity index (χ0n) is 16.4. The lowest BCUT2D eigenvalue weighted by Crippen LogP contribution is -2.25. The average Bonchev–Trinajstić information content (AvgIpc) is 3.04. The molecule has 0 aliphatic carbocycles. The van der Waals surface area contributed by atoms with Gasteiger partial charge in [-0.1, -0.05) is 53.2 Å². The van der Waals surface area contributed by atoms with Gasteiger partial charge >= 0.3 is 0 Å². The Labute approximate surface area is 169 Å². The first-order valence-electron chi connectivity index (χ1n) is 8.95. The Hall–Kier alpha value is -2.80. The fourth-order valence-corrected chi connectivity index (χ4v) is 4.08. The molecule has 0 fully saturated rings. The summed E-state index contributed by atoms with van der Waals surface area (Å²) in [6, 6.07) is 14.0. The van der Waals surface area contributed by atoms with Crippen molar-refractivity contribution in [1.29, 1.82) is 0 Å². The van der Waals surface area contributed by atoms with E-state index < -0.39 is 5.37 Å². The van der Waals surface area contributed by atoms with Crippen LogP contribution in [0.25, 0.3) is 0 Å². The van der Waals surface area contributed by atoms with Gasteiger partial charge in [0, 0.05) is 19.4 Å². The van der Waals surface area contributed by atoms with Gasteiger partial charge < -0.3 is 10.1 Å². The van der Waals surface area contributed by atoms with Gasteiger partial charge in [0.05, 0.1) is 0 Å². The third-order valence-corrected chi connectivity index (χ3v) is 5.24. The summed E-state index contributed by atoms with van der Waals surface area (Å²) >= 11 is 1.32. The minimum absolute atomic E-state index is 0.205. The maximum absolute atomic E-state index is 12.1. The zero-order chi connectivity index (χ0) is 20.3. The van der Waals surface area contributed by atoms with E-state index in [1.54, 1.807) is 0 Å². The van der Waals surface area contributed by atoms with E-state index in [1.165, 1.54) is 36.2 Å². The maximum atomic E-state index is 12.1. The lowest BCUT2D eigenvalue weighted by molar-refractivity contribution is -0.129. The molecule has 3 rings (SSSR count). The summed E-state index contributed by atoms with van der Waals surface area (Å²) in [6.45, 7) is 7.33. The van der Waals surface area contributed by atoms with Crippen molar-refractivity contribution in [2.45, 2.75) is 39.7 Å². The number of amides is 2. The van der Waals surface area contributed by atoms with Crippen LogP contribution in [0.3, 0.4) is 0 Å². The molecule has 0 saturated heterocycles. The van der Waals surface area contributed by atoms with Crippen LogP contribution in [-0.2, 0) is 16.2 Å². The number of ether oxygens (including phenoxy) is 1. The Morgan fingerprint density at radius 3 is 2.57 bits per heavy atom. The molecule has 1 aliphatic rings. The number of nitrogens with one attached hydrogen (secondary N) is 1. The molecular formula is C21H23N3O3S. The van der Waals surface area contributed by atoms with Crippen LogP contribution in [0.1, 0.15) is 41.5 Å². The summed E-state index contributed by atoms with van der Waals surface area (Å²) in [6.07, 6.45) is 0. The zero-order valence-corrected chi connectivity index (χ0v) is 17.2. The second-order valence-corrected chi connectivity index (χ2v) is 7.81. The van der Waals surface area contributed by atoms with Crippen LogP contribution in [0.15, 0.2) is 47.6 Å². The van der Waals surface area contributed by atoms with Crippen LogP contribution in [0.4, 0.5) is 0 Å². The Kier molecular flexibility index (Phi) is 6.04. The third kappa shape index (κ3) is 4.72. The largest absolute Gasteiger partial charge is 0.489 e. The predicted molar refractivity (Wildman–Crippen MR) is 111 cm³/mol. The highest BCUT2D eigenvalue weighted by Crippen LogP contribution is 2.43. The number of hydrazone groups is 1. The van der Waals surface area contributed by atoms with Crippen molar-refractivity contribution < 1.29 is 14.3 Å². The number of hydrogen-bond acceptors (Lipinski definition) is 5. The monoisotopic (exact) mass is 397 g/mol. The summed E-state index contributed by atoms with van der Waals surface area (Å²) in [5.74, 6) is 0.259. The number of benzene rings is 2. The van der Waals surface area contributed by atoms with Gasteiger partial charge in [-0.05, 0) is 31.5 Å². The van der Waals surface area contributed by atoms with E-state index >= 15 is 0 Å². The van der Waals surface area contributed by atoms with Gasteiger partial charge in [0.15, 0.2) is 5.17 Å². The molecule has 0 bridgehead atoms. The van der Waals surface area contributed by atoms with E-state index in [0.29, 0.717) is 17.5 Å². The lowest BCUT2D eigenvalue weighted by Gasteiger charge is -2.22. The van der Waals surface area contributed by atoms with Gasteiger partial charge in [-0.3, -0.25) is 9.59 Å². The molecule has 1 aliphatic heterocycles. The van der Waals surface area contributed by atoms with E-state index in [-0.39, 0.29) is 11.8 Å². The molecule has 146 valence electrons. The highest BCUT2D eigenvalue weighted by molar-refractivity contribution is 8.14. The standard InChI is InChI=1S/C21H23N3O3S/c1-13-6-5-7-17(10-13)12-27-19-9-8-14(2)11-18(19)20-24(16(4)26)23-21(28-20)22-15(3)25/h5-11,20H,12H2,1-4H3,(H,22,23,25)/t20-/m1/s1. The summed E-state index contributed by atoms with van der Waals surface area (Å²) in [4.78, 5) is 23.5. The smallest absolute Gasteiger partial charge is 0.241 e. The van der Waals surface area contributed by atoms with Crippen molar-refractivity contribution in [3.05, 3.63) is 64.7 Å². The van der Waals surface area contributed by atoms with Crippen LogP contribution >= 0.6 is 11.8 Å². The Bertz CT molecular complexity index is 942. The predicted octanol–water partition coefficient (Wildman–Crippen LogP) is 3.88. The quantitative estimate of drug-likeness (QED) is 0.850. The van der Waals surface area contributed by atoms with Crippen LogP contribution in [0.5, 0.6) is 5.75 Å². The molecular weight excluding hydrogens is 374 g/mol. The minimum Gasteiger partial charge on any atom is -0.489 e. The van der Waals surface area contributed by atoms with E-state index in [9.17, 15) is 9.59 Å². The molecule has 1 N–H and O–H groups in total. The summed E-state index contributed by atoms with van der Waals surface area (Å²) < 4.78 is 6.10. The van der Waals surface area contributed by atoms with Gasteiger partial charge in [0.2, 0.25) is 11.8 Å². The van der Waals surface area contributed by atoms with E-state index in [1.807, 2.05) is 50.2 Å². The second-order valence-electron chi connectivity index (χ2n) is 6.74. The second kappa shape index (κ2) is 8.48. The summed E-state index contributed by atoms with van der Waals surface area (Å²) in [5.41, 5.74) is 4.14. The molecule has 0 spiro atoms. The van der Waals surface area contributed by atoms with Crippen LogP contribution in [-0.4, -0.2) is 22.0 Å². The first-order chi connectivity index (χ1) is 13.3. The van der Waals surface area contributed by atoms with Crippen LogP contribution in [0.2, 0.25) is 0 Å². The molecule has 2 aromatic carbocycles. The van der Waals surface area contributed by atoms with Crippen LogP contribution in [0, 0.1) is 13.8 Å². The molecule has 0 unspecified atom stereocenters. The molecule has 2 aromatic rings. The highest BCUT2D eigenvalue weighted by atomic mass is 32.2. The molecule has 1 atom stereocenters. The van der Waals surface area contributed by atoms with Gasteiger partial charge in [0.25, 0.3) is 0 Å².